The van der Waals surface area contributed by atoms with Crippen LogP contribution in [-0.4, -0.2) is 18.2 Å². The molecular formula is C8H16NOP. The summed E-state index contributed by atoms with van der Waals surface area (Å²) in [4.78, 5) is 11.1. The molecule has 0 aromatic heterocycles. The Bertz CT molecular complexity index is 152. The Balaban J connectivity index is 3.81. The molecule has 0 unspecified atom stereocenters. The van der Waals surface area contributed by atoms with E-state index in [2.05, 4.69) is 25.5 Å². The number of hydrogen-bond donors (Lipinski definition) is 1. The minimum absolute atomic E-state index is 0.000175. The van der Waals surface area contributed by atoms with E-state index >= 15 is 0 Å². The van der Waals surface area contributed by atoms with E-state index < -0.39 is 0 Å². The maximum atomic E-state index is 11.1. The molecule has 0 aliphatic heterocycles. The normalized spacial score (nSPS) is 9.82. The van der Waals surface area contributed by atoms with E-state index in [-0.39, 0.29) is 14.0 Å². The van der Waals surface area contributed by atoms with Crippen LogP contribution in [0.5, 0.6) is 0 Å². The summed E-state index contributed by atoms with van der Waals surface area (Å²) in [6.45, 7) is 9.49. The molecule has 0 fully saturated rings. The monoisotopic (exact) mass is 173 g/mol. The van der Waals surface area contributed by atoms with Crippen molar-refractivity contribution in [2.75, 3.05) is 12.3 Å². The maximum absolute atomic E-state index is 11.1. The molecule has 0 rings (SSSR count). The summed E-state index contributed by atoms with van der Waals surface area (Å²) >= 11 is 0. The summed E-state index contributed by atoms with van der Waals surface area (Å²) in [7, 11) is -0.288. The third kappa shape index (κ3) is 4.15. The van der Waals surface area contributed by atoms with Gasteiger partial charge < -0.3 is 5.09 Å². The SMILES string of the molecule is C=C(C)C(=O)NP(CC)CC. The van der Waals surface area contributed by atoms with Gasteiger partial charge in [-0.05, 0) is 27.3 Å². The van der Waals surface area contributed by atoms with Gasteiger partial charge in [0.15, 0.2) is 0 Å². The van der Waals surface area contributed by atoms with Crippen LogP contribution in [0.15, 0.2) is 12.2 Å². The van der Waals surface area contributed by atoms with Crippen LogP contribution in [0.4, 0.5) is 0 Å². The van der Waals surface area contributed by atoms with E-state index in [0.717, 1.165) is 12.3 Å². The Kier molecular flexibility index (Phi) is 5.14. The summed E-state index contributed by atoms with van der Waals surface area (Å²) in [5.41, 5.74) is 0.597. The van der Waals surface area contributed by atoms with Crippen molar-refractivity contribution in [3.63, 3.8) is 0 Å². The highest BCUT2D eigenvalue weighted by Gasteiger charge is 2.07. The molecule has 11 heavy (non-hydrogen) atoms. The zero-order chi connectivity index (χ0) is 8.85. The molecule has 0 saturated carbocycles. The van der Waals surface area contributed by atoms with Gasteiger partial charge >= 0.3 is 0 Å². The molecule has 3 heteroatoms. The van der Waals surface area contributed by atoms with Gasteiger partial charge in [0.2, 0.25) is 5.91 Å². The van der Waals surface area contributed by atoms with Gasteiger partial charge in [0.25, 0.3) is 0 Å². The zero-order valence-corrected chi connectivity index (χ0v) is 8.37. The van der Waals surface area contributed by atoms with E-state index in [9.17, 15) is 4.79 Å². The van der Waals surface area contributed by atoms with Gasteiger partial charge in [0.1, 0.15) is 0 Å². The lowest BCUT2D eigenvalue weighted by atomic mass is 10.3. The van der Waals surface area contributed by atoms with E-state index in [1.807, 2.05) is 0 Å². The van der Waals surface area contributed by atoms with Crippen LogP contribution in [-0.2, 0) is 4.79 Å². The minimum Gasteiger partial charge on any atom is -0.332 e. The van der Waals surface area contributed by atoms with Gasteiger partial charge in [-0.15, -0.1) is 0 Å². The molecule has 0 heterocycles. The Morgan fingerprint density at radius 3 is 2.18 bits per heavy atom. The predicted octanol–water partition coefficient (Wildman–Crippen LogP) is 2.12. The first-order valence-electron chi connectivity index (χ1n) is 3.83. The third-order valence-electron chi connectivity index (χ3n) is 1.41. The fourth-order valence-electron chi connectivity index (χ4n) is 0.621. The van der Waals surface area contributed by atoms with Gasteiger partial charge in [-0.25, -0.2) is 0 Å². The summed E-state index contributed by atoms with van der Waals surface area (Å²) in [6.07, 6.45) is 2.09. The lowest BCUT2D eigenvalue weighted by Gasteiger charge is -2.14. The molecule has 0 aromatic carbocycles. The lowest BCUT2D eigenvalue weighted by molar-refractivity contribution is -0.115. The van der Waals surface area contributed by atoms with Gasteiger partial charge in [-0.2, -0.15) is 0 Å². The van der Waals surface area contributed by atoms with E-state index in [4.69, 9.17) is 0 Å². The smallest absolute Gasteiger partial charge is 0.249 e. The molecule has 0 aliphatic carbocycles. The molecule has 0 spiro atoms. The first-order chi connectivity index (χ1) is 5.11. The second-order valence-electron chi connectivity index (χ2n) is 2.39. The highest BCUT2D eigenvalue weighted by atomic mass is 31.1. The van der Waals surface area contributed by atoms with Crippen molar-refractivity contribution in [3.8, 4) is 0 Å². The molecule has 2 nitrogen and oxygen atoms in total. The van der Waals surface area contributed by atoms with Gasteiger partial charge in [0, 0.05) is 5.57 Å². The Morgan fingerprint density at radius 2 is 1.91 bits per heavy atom. The molecule has 0 radical (unpaired) electrons. The average molecular weight is 173 g/mol. The number of hydrogen-bond acceptors (Lipinski definition) is 1. The summed E-state index contributed by atoms with van der Waals surface area (Å²) in [6, 6.07) is 0. The fourth-order valence-corrected chi connectivity index (χ4v) is 1.86. The summed E-state index contributed by atoms with van der Waals surface area (Å²) < 4.78 is 0. The average Bonchev–Trinajstić information content (AvgIpc) is 1.99. The minimum atomic E-state index is -0.288. The topological polar surface area (TPSA) is 29.1 Å². The summed E-state index contributed by atoms with van der Waals surface area (Å²) in [5, 5.41) is 2.94. The predicted molar refractivity (Wildman–Crippen MR) is 51.0 cm³/mol. The van der Waals surface area contributed by atoms with Crippen molar-refractivity contribution in [2.24, 2.45) is 0 Å². The standard InChI is InChI=1S/C8H16NOP/c1-5-11(6-2)9-8(10)7(3)4/h3,5-6H2,1-2,4H3,(H,9,10). The molecular weight excluding hydrogens is 157 g/mol. The first-order valence-corrected chi connectivity index (χ1v) is 5.54. The molecule has 64 valence electrons. The van der Waals surface area contributed by atoms with Crippen LogP contribution >= 0.6 is 8.07 Å². The number of rotatable bonds is 4. The van der Waals surface area contributed by atoms with Crippen LogP contribution in [0.1, 0.15) is 20.8 Å². The van der Waals surface area contributed by atoms with Gasteiger partial charge in [0.05, 0.1) is 0 Å². The third-order valence-corrected chi connectivity index (χ3v) is 3.46. The fraction of sp³-hybridized carbons (Fsp3) is 0.625. The molecule has 0 bridgehead atoms. The highest BCUT2D eigenvalue weighted by Crippen LogP contribution is 2.28. The van der Waals surface area contributed by atoms with Crippen LogP contribution < -0.4 is 5.09 Å². The molecule has 0 aromatic rings. The largest absolute Gasteiger partial charge is 0.332 e. The Hall–Kier alpha value is -0.360. The van der Waals surface area contributed by atoms with E-state index in [1.54, 1.807) is 6.92 Å². The second-order valence-corrected chi connectivity index (χ2v) is 4.96. The lowest BCUT2D eigenvalue weighted by Crippen LogP contribution is -2.19. The Labute approximate surface area is 69.9 Å². The first kappa shape index (κ1) is 10.6. The molecule has 0 saturated heterocycles. The Morgan fingerprint density at radius 1 is 1.45 bits per heavy atom. The van der Waals surface area contributed by atoms with Crippen molar-refractivity contribution in [1.82, 2.24) is 5.09 Å². The van der Waals surface area contributed by atoms with E-state index in [0.29, 0.717) is 5.57 Å². The number of amides is 1. The van der Waals surface area contributed by atoms with Crippen LogP contribution in [0.3, 0.4) is 0 Å². The zero-order valence-electron chi connectivity index (χ0n) is 7.48. The van der Waals surface area contributed by atoms with Gasteiger partial charge in [-0.1, -0.05) is 20.4 Å². The second kappa shape index (κ2) is 5.31. The molecule has 1 amide bonds. The number of carbonyl (C=O) groups is 1. The quantitative estimate of drug-likeness (QED) is 0.512. The van der Waals surface area contributed by atoms with Crippen LogP contribution in [0.25, 0.3) is 0 Å². The van der Waals surface area contributed by atoms with Crippen molar-refractivity contribution in [3.05, 3.63) is 12.2 Å². The number of carbonyl (C=O) groups excluding carboxylic acids is 1. The summed E-state index contributed by atoms with van der Waals surface area (Å²) in [5.74, 6) is -0.000175. The molecule has 1 N–H and O–H groups in total. The molecule has 0 aliphatic rings. The number of nitrogens with one attached hydrogen (secondary N) is 1. The van der Waals surface area contributed by atoms with Gasteiger partial charge in [-0.3, -0.25) is 4.79 Å². The molecule has 0 atom stereocenters. The van der Waals surface area contributed by atoms with Crippen LogP contribution in [0, 0.1) is 0 Å². The van der Waals surface area contributed by atoms with E-state index in [1.165, 1.54) is 0 Å². The van der Waals surface area contributed by atoms with Crippen molar-refractivity contribution < 1.29 is 4.79 Å². The van der Waals surface area contributed by atoms with Crippen LogP contribution in [0.2, 0.25) is 0 Å². The van der Waals surface area contributed by atoms with Crippen molar-refractivity contribution in [2.45, 2.75) is 20.8 Å². The van der Waals surface area contributed by atoms with Crippen molar-refractivity contribution >= 4 is 14.0 Å². The highest BCUT2D eigenvalue weighted by molar-refractivity contribution is 7.56. The maximum Gasteiger partial charge on any atom is 0.249 e. The van der Waals surface area contributed by atoms with Crippen molar-refractivity contribution in [1.29, 1.82) is 0 Å².